The zero-order valence-electron chi connectivity index (χ0n) is 18.3. The summed E-state index contributed by atoms with van der Waals surface area (Å²) in [6, 6.07) is 19.0. The summed E-state index contributed by atoms with van der Waals surface area (Å²) in [6.07, 6.45) is 0. The highest BCUT2D eigenvalue weighted by atomic mass is 35.5. The molecular formula is C25H26ClN3O4. The molecule has 3 aromatic rings. The predicted octanol–water partition coefficient (Wildman–Crippen LogP) is 3.63. The van der Waals surface area contributed by atoms with Crippen LogP contribution in [0.3, 0.4) is 0 Å². The van der Waals surface area contributed by atoms with Gasteiger partial charge in [0, 0.05) is 25.3 Å². The third-order valence-corrected chi connectivity index (χ3v) is 6.04. The van der Waals surface area contributed by atoms with Crippen molar-refractivity contribution in [3.8, 4) is 5.75 Å². The third kappa shape index (κ3) is 5.45. The second kappa shape index (κ2) is 10.7. The molecule has 1 aliphatic heterocycles. The lowest BCUT2D eigenvalue weighted by Gasteiger charge is -2.35. The number of hydrogen-bond acceptors (Lipinski definition) is 5. The first kappa shape index (κ1) is 23.0. The van der Waals surface area contributed by atoms with E-state index in [4.69, 9.17) is 21.1 Å². The van der Waals surface area contributed by atoms with Crippen LogP contribution in [-0.2, 0) is 14.3 Å². The minimum Gasteiger partial charge on any atom is -0.495 e. The van der Waals surface area contributed by atoms with Crippen LogP contribution < -0.4 is 15.4 Å². The number of methoxy groups -OCH3 is 1. The second-order valence-electron chi connectivity index (χ2n) is 7.75. The zero-order chi connectivity index (χ0) is 23.2. The van der Waals surface area contributed by atoms with Gasteiger partial charge in [0.05, 0.1) is 31.4 Å². The standard InChI is InChI=1S/C25H26ClN3O4/c1-32-23-10-9-18(15-21(23)26)28-25(31)24(30)27-16-22(29-11-13-33-14-12-29)20-8-4-6-17-5-2-3-7-19(17)20/h2-10,15,22H,11-14,16H2,1H3,(H,27,30)(H,28,31)/t22-/m0/s1. The van der Waals surface area contributed by atoms with Crippen LogP contribution in [0.15, 0.2) is 60.7 Å². The Labute approximate surface area is 197 Å². The van der Waals surface area contributed by atoms with Gasteiger partial charge in [-0.15, -0.1) is 0 Å². The van der Waals surface area contributed by atoms with Crippen molar-refractivity contribution >= 4 is 39.9 Å². The van der Waals surface area contributed by atoms with Crippen molar-refractivity contribution in [1.29, 1.82) is 0 Å². The molecule has 0 radical (unpaired) electrons. The number of carbonyl (C=O) groups is 2. The molecule has 3 aromatic carbocycles. The Morgan fingerprint density at radius 2 is 1.82 bits per heavy atom. The van der Waals surface area contributed by atoms with Crippen LogP contribution in [0.5, 0.6) is 5.75 Å². The lowest BCUT2D eigenvalue weighted by molar-refractivity contribution is -0.136. The van der Waals surface area contributed by atoms with E-state index in [0.29, 0.717) is 36.2 Å². The molecule has 172 valence electrons. The van der Waals surface area contributed by atoms with Gasteiger partial charge in [0.25, 0.3) is 0 Å². The summed E-state index contributed by atoms with van der Waals surface area (Å²) < 4.78 is 10.6. The quantitative estimate of drug-likeness (QED) is 0.541. The number of fused-ring (bicyclic) bond motifs is 1. The third-order valence-electron chi connectivity index (χ3n) is 5.74. The topological polar surface area (TPSA) is 79.9 Å². The molecule has 8 heteroatoms. The van der Waals surface area contributed by atoms with Crippen LogP contribution in [0.2, 0.25) is 5.02 Å². The smallest absolute Gasteiger partial charge is 0.313 e. The molecule has 2 N–H and O–H groups in total. The Balaban J connectivity index is 1.49. The van der Waals surface area contributed by atoms with Crippen molar-refractivity contribution in [1.82, 2.24) is 10.2 Å². The number of amides is 2. The van der Waals surface area contributed by atoms with Crippen molar-refractivity contribution in [2.75, 3.05) is 45.3 Å². The van der Waals surface area contributed by atoms with Crippen molar-refractivity contribution in [3.05, 3.63) is 71.2 Å². The molecule has 1 heterocycles. The number of nitrogens with zero attached hydrogens (tertiary/aromatic N) is 1. The van der Waals surface area contributed by atoms with Gasteiger partial charge in [-0.3, -0.25) is 14.5 Å². The summed E-state index contributed by atoms with van der Waals surface area (Å²) in [6.45, 7) is 3.06. The van der Waals surface area contributed by atoms with E-state index in [1.54, 1.807) is 12.1 Å². The van der Waals surface area contributed by atoms with E-state index >= 15 is 0 Å². The Morgan fingerprint density at radius 3 is 2.58 bits per heavy atom. The monoisotopic (exact) mass is 467 g/mol. The molecule has 0 bridgehead atoms. The fraction of sp³-hybridized carbons (Fsp3) is 0.280. The van der Waals surface area contributed by atoms with Crippen LogP contribution in [0, 0.1) is 0 Å². The maximum absolute atomic E-state index is 12.6. The summed E-state index contributed by atoms with van der Waals surface area (Å²) in [5.74, 6) is -0.974. The Bertz CT molecular complexity index is 1140. The lowest BCUT2D eigenvalue weighted by Crippen LogP contribution is -2.45. The summed E-state index contributed by atoms with van der Waals surface area (Å²) >= 11 is 6.10. The van der Waals surface area contributed by atoms with E-state index in [2.05, 4.69) is 39.8 Å². The van der Waals surface area contributed by atoms with E-state index in [9.17, 15) is 9.59 Å². The van der Waals surface area contributed by atoms with E-state index in [0.717, 1.165) is 29.4 Å². The van der Waals surface area contributed by atoms with Crippen LogP contribution in [0.4, 0.5) is 5.69 Å². The second-order valence-corrected chi connectivity index (χ2v) is 8.15. The number of benzene rings is 3. The zero-order valence-corrected chi connectivity index (χ0v) is 19.1. The first-order chi connectivity index (χ1) is 16.1. The molecule has 1 fully saturated rings. The fourth-order valence-corrected chi connectivity index (χ4v) is 4.33. The molecule has 0 unspecified atom stereocenters. The Kier molecular flexibility index (Phi) is 7.44. The molecule has 0 spiro atoms. The molecule has 2 amide bonds. The normalized spacial score (nSPS) is 15.1. The molecule has 1 aliphatic rings. The summed E-state index contributed by atoms with van der Waals surface area (Å²) in [5, 5.41) is 8.00. The number of carbonyl (C=O) groups excluding carboxylic acids is 2. The number of halogens is 1. The fourth-order valence-electron chi connectivity index (χ4n) is 4.07. The maximum atomic E-state index is 12.6. The first-order valence-electron chi connectivity index (χ1n) is 10.8. The molecule has 0 aliphatic carbocycles. The van der Waals surface area contributed by atoms with Crippen LogP contribution in [-0.4, -0.2) is 56.7 Å². The van der Waals surface area contributed by atoms with Gasteiger partial charge < -0.3 is 20.1 Å². The van der Waals surface area contributed by atoms with Gasteiger partial charge in [-0.2, -0.15) is 0 Å². The summed E-state index contributed by atoms with van der Waals surface area (Å²) in [5.41, 5.74) is 1.53. The molecule has 33 heavy (non-hydrogen) atoms. The Morgan fingerprint density at radius 1 is 1.06 bits per heavy atom. The van der Waals surface area contributed by atoms with E-state index in [1.807, 2.05) is 18.2 Å². The van der Waals surface area contributed by atoms with Crippen molar-refractivity contribution in [3.63, 3.8) is 0 Å². The van der Waals surface area contributed by atoms with Gasteiger partial charge in [-0.25, -0.2) is 0 Å². The highest BCUT2D eigenvalue weighted by Crippen LogP contribution is 2.29. The number of morpholine rings is 1. The van der Waals surface area contributed by atoms with Crippen LogP contribution in [0.25, 0.3) is 10.8 Å². The minimum atomic E-state index is -0.755. The molecule has 0 aromatic heterocycles. The predicted molar refractivity (Wildman–Crippen MR) is 129 cm³/mol. The highest BCUT2D eigenvalue weighted by molar-refractivity contribution is 6.40. The number of ether oxygens (including phenoxy) is 2. The van der Waals surface area contributed by atoms with Gasteiger partial charge in [0.2, 0.25) is 0 Å². The summed E-state index contributed by atoms with van der Waals surface area (Å²) in [4.78, 5) is 27.4. The maximum Gasteiger partial charge on any atom is 0.313 e. The number of hydrogen-bond donors (Lipinski definition) is 2. The molecule has 1 saturated heterocycles. The summed E-state index contributed by atoms with van der Waals surface area (Å²) in [7, 11) is 1.51. The number of rotatable bonds is 6. The Hall–Kier alpha value is -3.13. The van der Waals surface area contributed by atoms with Gasteiger partial charge in [0.1, 0.15) is 5.75 Å². The molecule has 1 atom stereocenters. The molecule has 7 nitrogen and oxygen atoms in total. The number of nitrogens with one attached hydrogen (secondary N) is 2. The van der Waals surface area contributed by atoms with Crippen molar-refractivity contribution < 1.29 is 19.1 Å². The van der Waals surface area contributed by atoms with E-state index < -0.39 is 11.8 Å². The molecular weight excluding hydrogens is 442 g/mol. The molecule has 0 saturated carbocycles. The average molecular weight is 468 g/mol. The van der Waals surface area contributed by atoms with E-state index in [-0.39, 0.29) is 6.04 Å². The largest absolute Gasteiger partial charge is 0.495 e. The number of anilines is 1. The van der Waals surface area contributed by atoms with Gasteiger partial charge in [-0.05, 0) is 34.5 Å². The van der Waals surface area contributed by atoms with Crippen molar-refractivity contribution in [2.24, 2.45) is 0 Å². The van der Waals surface area contributed by atoms with Gasteiger partial charge in [-0.1, -0.05) is 54.1 Å². The van der Waals surface area contributed by atoms with Gasteiger partial charge >= 0.3 is 11.8 Å². The SMILES string of the molecule is COc1ccc(NC(=O)C(=O)NC[C@@H](c2cccc3ccccc23)N2CCOCC2)cc1Cl. The minimum absolute atomic E-state index is 0.0906. The first-order valence-corrected chi connectivity index (χ1v) is 11.2. The van der Waals surface area contributed by atoms with Crippen molar-refractivity contribution in [2.45, 2.75) is 6.04 Å². The molecule has 4 rings (SSSR count). The van der Waals surface area contributed by atoms with Crippen LogP contribution >= 0.6 is 11.6 Å². The van der Waals surface area contributed by atoms with Gasteiger partial charge in [0.15, 0.2) is 0 Å². The highest BCUT2D eigenvalue weighted by Gasteiger charge is 2.26. The average Bonchev–Trinajstić information content (AvgIpc) is 2.85. The van der Waals surface area contributed by atoms with E-state index in [1.165, 1.54) is 13.2 Å². The van der Waals surface area contributed by atoms with Crippen LogP contribution in [0.1, 0.15) is 11.6 Å². The lowest BCUT2D eigenvalue weighted by atomic mass is 9.97.